The highest BCUT2D eigenvalue weighted by Crippen LogP contribution is 2.28. The summed E-state index contributed by atoms with van der Waals surface area (Å²) >= 11 is 0. The highest BCUT2D eigenvalue weighted by atomic mass is 16.5. The van der Waals surface area contributed by atoms with Gasteiger partial charge in [-0.05, 0) is 50.3 Å². The second-order valence-corrected chi connectivity index (χ2v) is 5.68. The first-order chi connectivity index (χ1) is 9.31. The van der Waals surface area contributed by atoms with Crippen molar-refractivity contribution in [2.75, 3.05) is 13.2 Å². The second kappa shape index (κ2) is 7.54. The maximum absolute atomic E-state index is 6.05. The zero-order valence-corrected chi connectivity index (χ0v) is 12.3. The zero-order valence-electron chi connectivity index (χ0n) is 12.3. The molecule has 0 saturated heterocycles. The average Bonchev–Trinajstić information content (AvgIpc) is 2.94. The van der Waals surface area contributed by atoms with E-state index in [2.05, 4.69) is 37.4 Å². The molecule has 0 amide bonds. The lowest BCUT2D eigenvalue weighted by Crippen LogP contribution is -2.40. The lowest BCUT2D eigenvalue weighted by Gasteiger charge is -2.25. The quantitative estimate of drug-likeness (QED) is 0.803. The third-order valence-electron chi connectivity index (χ3n) is 4.14. The van der Waals surface area contributed by atoms with Gasteiger partial charge in [-0.1, -0.05) is 38.0 Å². The summed E-state index contributed by atoms with van der Waals surface area (Å²) in [5.74, 6) is 1.83. The van der Waals surface area contributed by atoms with Crippen LogP contribution in [0.15, 0.2) is 24.3 Å². The molecule has 2 nitrogen and oxygen atoms in total. The van der Waals surface area contributed by atoms with E-state index in [4.69, 9.17) is 4.74 Å². The van der Waals surface area contributed by atoms with E-state index in [1.165, 1.54) is 37.7 Å². The van der Waals surface area contributed by atoms with Crippen molar-refractivity contribution in [3.63, 3.8) is 0 Å². The van der Waals surface area contributed by atoms with Gasteiger partial charge in [0.15, 0.2) is 0 Å². The predicted octanol–water partition coefficient (Wildman–Crippen LogP) is 3.93. The van der Waals surface area contributed by atoms with Crippen LogP contribution in [0.1, 0.15) is 44.6 Å². The number of para-hydroxylation sites is 1. The first-order valence-electron chi connectivity index (χ1n) is 7.73. The predicted molar refractivity (Wildman–Crippen MR) is 80.7 cm³/mol. The van der Waals surface area contributed by atoms with Crippen LogP contribution in [0.5, 0.6) is 5.75 Å². The third kappa shape index (κ3) is 4.24. The van der Waals surface area contributed by atoms with Crippen molar-refractivity contribution in [1.82, 2.24) is 5.32 Å². The molecule has 0 radical (unpaired) electrons. The van der Waals surface area contributed by atoms with Crippen LogP contribution in [-0.2, 0) is 0 Å². The Balaban J connectivity index is 1.90. The van der Waals surface area contributed by atoms with Crippen LogP contribution in [0, 0.1) is 12.8 Å². The van der Waals surface area contributed by atoms with E-state index in [1.54, 1.807) is 0 Å². The Bertz CT molecular complexity index is 371. The van der Waals surface area contributed by atoms with Crippen molar-refractivity contribution < 1.29 is 4.74 Å². The van der Waals surface area contributed by atoms with Gasteiger partial charge in [-0.15, -0.1) is 0 Å². The van der Waals surface area contributed by atoms with Crippen LogP contribution >= 0.6 is 0 Å². The largest absolute Gasteiger partial charge is 0.492 e. The van der Waals surface area contributed by atoms with Crippen LogP contribution in [0.2, 0.25) is 0 Å². The number of rotatable bonds is 7. The molecule has 1 atom stereocenters. The summed E-state index contributed by atoms with van der Waals surface area (Å²) in [4.78, 5) is 0. The van der Waals surface area contributed by atoms with E-state index >= 15 is 0 Å². The molecule has 1 aliphatic carbocycles. The van der Waals surface area contributed by atoms with Crippen molar-refractivity contribution in [2.24, 2.45) is 5.92 Å². The lowest BCUT2D eigenvalue weighted by molar-refractivity contribution is 0.216. The maximum Gasteiger partial charge on any atom is 0.122 e. The van der Waals surface area contributed by atoms with Gasteiger partial charge in [-0.25, -0.2) is 0 Å². The van der Waals surface area contributed by atoms with Crippen molar-refractivity contribution >= 4 is 0 Å². The fourth-order valence-electron chi connectivity index (χ4n) is 2.95. The fourth-order valence-corrected chi connectivity index (χ4v) is 2.95. The van der Waals surface area contributed by atoms with E-state index in [0.29, 0.717) is 6.04 Å². The zero-order chi connectivity index (χ0) is 13.5. The van der Waals surface area contributed by atoms with E-state index in [0.717, 1.165) is 24.8 Å². The molecular weight excluding hydrogens is 234 g/mol. The summed E-state index contributed by atoms with van der Waals surface area (Å²) in [6.07, 6.45) is 6.68. The minimum Gasteiger partial charge on any atom is -0.492 e. The van der Waals surface area contributed by atoms with Gasteiger partial charge in [0, 0.05) is 6.04 Å². The van der Waals surface area contributed by atoms with Crippen LogP contribution < -0.4 is 10.1 Å². The fraction of sp³-hybridized carbons (Fsp3) is 0.647. The van der Waals surface area contributed by atoms with Gasteiger partial charge in [0.2, 0.25) is 0 Å². The number of hydrogen-bond donors (Lipinski definition) is 1. The number of hydrogen-bond acceptors (Lipinski definition) is 2. The first-order valence-corrected chi connectivity index (χ1v) is 7.73. The van der Waals surface area contributed by atoms with E-state index in [-0.39, 0.29) is 0 Å². The highest BCUT2D eigenvalue weighted by molar-refractivity contribution is 5.31. The Morgan fingerprint density at radius 3 is 2.68 bits per heavy atom. The van der Waals surface area contributed by atoms with Gasteiger partial charge in [-0.2, -0.15) is 0 Å². The van der Waals surface area contributed by atoms with Crippen molar-refractivity contribution in [3.05, 3.63) is 29.8 Å². The average molecular weight is 261 g/mol. The molecule has 0 aromatic heterocycles. The molecule has 1 saturated carbocycles. The van der Waals surface area contributed by atoms with Gasteiger partial charge in [0.1, 0.15) is 12.4 Å². The standard InChI is InChI=1S/C17H27NO/c1-3-12-18-16(15-9-5-6-10-15)13-19-17-11-7-4-8-14(17)2/h4,7-8,11,15-16,18H,3,5-6,9-10,12-13H2,1-2H3. The van der Waals surface area contributed by atoms with Gasteiger partial charge < -0.3 is 10.1 Å². The summed E-state index contributed by atoms with van der Waals surface area (Å²) in [5.41, 5.74) is 1.23. The third-order valence-corrected chi connectivity index (χ3v) is 4.14. The summed E-state index contributed by atoms with van der Waals surface area (Å²) in [7, 11) is 0. The minimum absolute atomic E-state index is 0.516. The summed E-state index contributed by atoms with van der Waals surface area (Å²) < 4.78 is 6.05. The number of nitrogens with one attached hydrogen (secondary N) is 1. The molecule has 2 rings (SSSR count). The second-order valence-electron chi connectivity index (χ2n) is 5.68. The molecule has 0 bridgehead atoms. The Morgan fingerprint density at radius 2 is 2.00 bits per heavy atom. The highest BCUT2D eigenvalue weighted by Gasteiger charge is 2.25. The van der Waals surface area contributed by atoms with Crippen LogP contribution in [-0.4, -0.2) is 19.2 Å². The van der Waals surface area contributed by atoms with Crippen molar-refractivity contribution in [1.29, 1.82) is 0 Å². The molecule has 2 heteroatoms. The number of aryl methyl sites for hydroxylation is 1. The molecule has 19 heavy (non-hydrogen) atoms. The smallest absolute Gasteiger partial charge is 0.122 e. The normalized spacial score (nSPS) is 17.6. The van der Waals surface area contributed by atoms with E-state index in [1.807, 2.05) is 6.07 Å². The van der Waals surface area contributed by atoms with E-state index in [9.17, 15) is 0 Å². The SMILES string of the molecule is CCCNC(COc1ccccc1C)C1CCCC1. The van der Waals surface area contributed by atoms with Gasteiger partial charge in [-0.3, -0.25) is 0 Å². The molecule has 0 aliphatic heterocycles. The van der Waals surface area contributed by atoms with Crippen LogP contribution in [0.4, 0.5) is 0 Å². The molecule has 0 heterocycles. The molecule has 1 N–H and O–H groups in total. The van der Waals surface area contributed by atoms with Gasteiger partial charge >= 0.3 is 0 Å². The Morgan fingerprint density at radius 1 is 1.26 bits per heavy atom. The van der Waals surface area contributed by atoms with Crippen molar-refractivity contribution in [2.45, 2.75) is 52.0 Å². The number of ether oxygens (including phenoxy) is 1. The Labute approximate surface area is 117 Å². The molecule has 1 aliphatic rings. The molecular formula is C17H27NO. The molecule has 106 valence electrons. The topological polar surface area (TPSA) is 21.3 Å². The van der Waals surface area contributed by atoms with Gasteiger partial charge in [0.05, 0.1) is 0 Å². The van der Waals surface area contributed by atoms with Crippen LogP contribution in [0.3, 0.4) is 0 Å². The number of benzene rings is 1. The maximum atomic E-state index is 6.05. The monoisotopic (exact) mass is 261 g/mol. The Kier molecular flexibility index (Phi) is 5.71. The van der Waals surface area contributed by atoms with E-state index < -0.39 is 0 Å². The first kappa shape index (κ1) is 14.4. The lowest BCUT2D eigenvalue weighted by atomic mass is 9.98. The Hall–Kier alpha value is -1.02. The molecule has 1 fully saturated rings. The summed E-state index contributed by atoms with van der Waals surface area (Å²) in [6, 6.07) is 8.81. The molecule has 1 aromatic rings. The molecule has 0 spiro atoms. The van der Waals surface area contributed by atoms with Crippen LogP contribution in [0.25, 0.3) is 0 Å². The van der Waals surface area contributed by atoms with Gasteiger partial charge in [0.25, 0.3) is 0 Å². The summed E-state index contributed by atoms with van der Waals surface area (Å²) in [5, 5.41) is 3.68. The van der Waals surface area contributed by atoms with Crippen molar-refractivity contribution in [3.8, 4) is 5.75 Å². The summed E-state index contributed by atoms with van der Waals surface area (Å²) in [6.45, 7) is 6.23. The molecule has 1 aromatic carbocycles. The minimum atomic E-state index is 0.516. The molecule has 1 unspecified atom stereocenters.